The highest BCUT2D eigenvalue weighted by Gasteiger charge is 2.56. The summed E-state index contributed by atoms with van der Waals surface area (Å²) in [5.41, 5.74) is 1.11. The summed E-state index contributed by atoms with van der Waals surface area (Å²) in [6.07, 6.45) is 2.96. The molecule has 3 heterocycles. The highest BCUT2D eigenvalue weighted by atomic mass is 127. The number of halogens is 1. The average molecular weight is 691 g/mol. The smallest absolute Gasteiger partial charge is 0.191 e. The van der Waals surface area contributed by atoms with E-state index < -0.39 is 14.1 Å². The van der Waals surface area contributed by atoms with Crippen LogP contribution in [0.4, 0.5) is 0 Å². The van der Waals surface area contributed by atoms with E-state index >= 15 is 0 Å². The number of hydrogen-bond donors (Lipinski definition) is 1. The van der Waals surface area contributed by atoms with Crippen molar-refractivity contribution < 1.29 is 33.2 Å². The third-order valence-electron chi connectivity index (χ3n) is 9.50. The molecule has 4 rings (SSSR count). The van der Waals surface area contributed by atoms with Crippen molar-refractivity contribution in [1.29, 1.82) is 0 Å². The van der Waals surface area contributed by atoms with Gasteiger partial charge in [-0.1, -0.05) is 69.3 Å². The van der Waals surface area contributed by atoms with Crippen molar-refractivity contribution in [2.45, 2.75) is 125 Å². The maximum Gasteiger partial charge on any atom is 0.191 e. The monoisotopic (exact) mass is 690 g/mol. The summed E-state index contributed by atoms with van der Waals surface area (Å²) in [5.74, 6) is 0.745. The predicted molar refractivity (Wildman–Crippen MR) is 168 cm³/mol. The van der Waals surface area contributed by atoms with Crippen molar-refractivity contribution in [3.63, 3.8) is 0 Å². The van der Waals surface area contributed by atoms with Crippen LogP contribution in [-0.2, 0) is 30.0 Å². The van der Waals surface area contributed by atoms with Gasteiger partial charge in [0, 0.05) is 25.9 Å². The van der Waals surface area contributed by atoms with Crippen molar-refractivity contribution in [1.82, 2.24) is 0 Å². The second-order valence-electron chi connectivity index (χ2n) is 13.7. The summed E-state index contributed by atoms with van der Waals surface area (Å²) >= 11 is 2.29. The molecular weight excluding hydrogens is 639 g/mol. The Morgan fingerprint density at radius 3 is 2.40 bits per heavy atom. The molecule has 1 aromatic rings. The number of rotatable bonds is 10. The minimum absolute atomic E-state index is 0.00794. The van der Waals surface area contributed by atoms with Gasteiger partial charge in [0.05, 0.1) is 54.8 Å². The van der Waals surface area contributed by atoms with Crippen LogP contribution in [0.25, 0.3) is 0 Å². The molecule has 228 valence electrons. The molecule has 3 saturated heterocycles. The molecule has 0 amide bonds. The van der Waals surface area contributed by atoms with Crippen molar-refractivity contribution >= 4 is 30.9 Å². The van der Waals surface area contributed by atoms with E-state index in [0.29, 0.717) is 19.1 Å². The fourth-order valence-electron chi connectivity index (χ4n) is 6.23. The maximum absolute atomic E-state index is 9.70. The van der Waals surface area contributed by atoms with E-state index in [1.165, 1.54) is 0 Å². The van der Waals surface area contributed by atoms with Gasteiger partial charge in [-0.15, -0.1) is 0 Å². The minimum Gasteiger partial charge on any atom is -0.497 e. The quantitative estimate of drug-likeness (QED) is 0.171. The largest absolute Gasteiger partial charge is 0.497 e. The van der Waals surface area contributed by atoms with E-state index in [0.717, 1.165) is 37.0 Å². The lowest BCUT2D eigenvalue weighted by Gasteiger charge is -2.52. The molecular formula is C31H51IO7Si. The number of ether oxygens (including phenoxy) is 5. The van der Waals surface area contributed by atoms with E-state index in [9.17, 15) is 5.11 Å². The van der Waals surface area contributed by atoms with Gasteiger partial charge in [0.25, 0.3) is 0 Å². The van der Waals surface area contributed by atoms with Gasteiger partial charge in [0.2, 0.25) is 0 Å². The molecule has 1 aromatic carbocycles. The Bertz CT molecular complexity index is 954. The van der Waals surface area contributed by atoms with Crippen LogP contribution < -0.4 is 4.74 Å². The van der Waals surface area contributed by atoms with Crippen molar-refractivity contribution in [2.75, 3.05) is 20.3 Å². The van der Waals surface area contributed by atoms with Crippen LogP contribution in [0.15, 0.2) is 24.3 Å². The van der Waals surface area contributed by atoms with E-state index in [-0.39, 0.29) is 52.0 Å². The molecule has 0 aliphatic carbocycles. The van der Waals surface area contributed by atoms with Crippen LogP contribution in [0.2, 0.25) is 18.1 Å². The zero-order valence-corrected chi connectivity index (χ0v) is 28.8. The Morgan fingerprint density at radius 2 is 1.77 bits per heavy atom. The summed E-state index contributed by atoms with van der Waals surface area (Å²) < 4.78 is 38.8. The fourth-order valence-corrected chi connectivity index (χ4v) is 7.76. The Kier molecular flexibility index (Phi) is 10.7. The SMILES string of the molecule is COc1ccc(CO[C@@H]2[C@H](CCO[Si](C)(C)C(C)(C)C)O[C@@]3(C[C@@H]2C)C[C@H](C)[C@@H]2O[C@H]([C@H](I)CO)C[C@@H]2O3)cc1. The normalized spacial score (nSPS) is 35.5. The van der Waals surface area contributed by atoms with Gasteiger partial charge >= 0.3 is 0 Å². The van der Waals surface area contributed by atoms with E-state index in [2.05, 4.69) is 82.4 Å². The Balaban J connectivity index is 1.49. The van der Waals surface area contributed by atoms with Crippen LogP contribution in [-0.4, -0.2) is 74.0 Å². The van der Waals surface area contributed by atoms with E-state index in [1.54, 1.807) is 7.11 Å². The zero-order valence-electron chi connectivity index (χ0n) is 25.7. The zero-order chi connectivity index (χ0) is 29.3. The number of benzene rings is 1. The Hall–Kier alpha value is -0.273. The first-order valence-electron chi connectivity index (χ1n) is 14.9. The first kappa shape index (κ1) is 32.6. The third-order valence-corrected chi connectivity index (χ3v) is 15.2. The van der Waals surface area contributed by atoms with E-state index in [4.69, 9.17) is 28.1 Å². The van der Waals surface area contributed by atoms with E-state index in [1.807, 2.05) is 12.1 Å². The van der Waals surface area contributed by atoms with Gasteiger partial charge in [0.15, 0.2) is 14.1 Å². The number of hydrogen-bond acceptors (Lipinski definition) is 7. The molecule has 3 fully saturated rings. The molecule has 0 aromatic heterocycles. The molecule has 9 heteroatoms. The van der Waals surface area contributed by atoms with Crippen molar-refractivity contribution in [2.24, 2.45) is 11.8 Å². The summed E-state index contributed by atoms with van der Waals surface area (Å²) in [5, 5.41) is 9.86. The molecule has 9 atom stereocenters. The molecule has 0 bridgehead atoms. The minimum atomic E-state index is -1.88. The van der Waals surface area contributed by atoms with Crippen molar-refractivity contribution in [3.05, 3.63) is 29.8 Å². The molecule has 3 aliphatic rings. The summed E-state index contributed by atoms with van der Waals surface area (Å²) in [4.78, 5) is 0. The summed E-state index contributed by atoms with van der Waals surface area (Å²) in [7, 11) is -0.204. The number of alkyl halides is 1. The topological polar surface area (TPSA) is 75.6 Å². The summed E-state index contributed by atoms with van der Waals surface area (Å²) in [6, 6.07) is 8.06. The predicted octanol–water partition coefficient (Wildman–Crippen LogP) is 6.49. The maximum atomic E-state index is 9.70. The van der Waals surface area contributed by atoms with Crippen LogP contribution in [0.1, 0.15) is 65.9 Å². The van der Waals surface area contributed by atoms with Gasteiger partial charge in [-0.2, -0.15) is 0 Å². The highest BCUT2D eigenvalue weighted by Crippen LogP contribution is 2.49. The van der Waals surface area contributed by atoms with Gasteiger partial charge < -0.3 is 33.2 Å². The van der Waals surface area contributed by atoms with Gasteiger partial charge in [-0.3, -0.25) is 0 Å². The second-order valence-corrected chi connectivity index (χ2v) is 20.1. The van der Waals surface area contributed by atoms with Gasteiger partial charge in [-0.05, 0) is 54.1 Å². The number of methoxy groups -OCH3 is 1. The van der Waals surface area contributed by atoms with Gasteiger partial charge in [0.1, 0.15) is 5.75 Å². The summed E-state index contributed by atoms with van der Waals surface area (Å²) in [6.45, 7) is 17.2. The molecule has 0 unspecified atom stereocenters. The first-order chi connectivity index (χ1) is 18.8. The standard InChI is InChI=1S/C31H51IO7Si/c1-20-16-31(17-21(2)29-27(39-31)15-26(37-29)24(32)18-33)38-25(13-14-36-40(7,8)30(3,4)5)28(20)35-19-22-9-11-23(34-6)12-10-22/h9-12,20-21,24-29,33H,13-19H2,1-8H3/t20-,21-,24+,25-,26-,27-,28-,29-,31+/m0/s1. The third kappa shape index (κ3) is 7.44. The molecule has 1 spiro atoms. The lowest BCUT2D eigenvalue weighted by atomic mass is 9.80. The van der Waals surface area contributed by atoms with Crippen LogP contribution >= 0.6 is 22.6 Å². The number of aliphatic hydroxyl groups is 1. The molecule has 3 aliphatic heterocycles. The average Bonchev–Trinajstić information content (AvgIpc) is 3.31. The Labute approximate surface area is 256 Å². The lowest BCUT2D eigenvalue weighted by Crippen LogP contribution is -2.59. The second kappa shape index (κ2) is 13.2. The molecule has 7 nitrogen and oxygen atoms in total. The molecule has 0 saturated carbocycles. The van der Waals surface area contributed by atoms with Crippen molar-refractivity contribution in [3.8, 4) is 5.75 Å². The number of aliphatic hydroxyl groups excluding tert-OH is 1. The first-order valence-corrected chi connectivity index (χ1v) is 19.1. The van der Waals surface area contributed by atoms with Gasteiger partial charge in [-0.25, -0.2) is 0 Å². The van der Waals surface area contributed by atoms with Crippen LogP contribution in [0.5, 0.6) is 5.75 Å². The van der Waals surface area contributed by atoms with Crippen LogP contribution in [0.3, 0.4) is 0 Å². The molecule has 1 N–H and O–H groups in total. The Morgan fingerprint density at radius 1 is 1.10 bits per heavy atom. The van der Waals surface area contributed by atoms with Crippen LogP contribution in [0, 0.1) is 11.8 Å². The molecule has 0 radical (unpaired) electrons. The fraction of sp³-hybridized carbons (Fsp3) is 0.806. The number of fused-ring (bicyclic) bond motifs is 1. The lowest BCUT2D eigenvalue weighted by molar-refractivity contribution is -0.357. The highest BCUT2D eigenvalue weighted by molar-refractivity contribution is 14.1. The molecule has 40 heavy (non-hydrogen) atoms.